The number of rotatable bonds is 6. The highest BCUT2D eigenvalue weighted by Gasteiger charge is 2.62. The highest BCUT2D eigenvalue weighted by Crippen LogP contribution is 2.49. The lowest BCUT2D eigenvalue weighted by atomic mass is 9.54. The second kappa shape index (κ2) is 6.25. The van der Waals surface area contributed by atoms with Crippen LogP contribution < -0.4 is 11.1 Å². The summed E-state index contributed by atoms with van der Waals surface area (Å²) < 4.78 is 5.60. The van der Waals surface area contributed by atoms with E-state index in [1.54, 1.807) is 18.2 Å². The van der Waals surface area contributed by atoms with E-state index in [0.717, 1.165) is 0 Å². The van der Waals surface area contributed by atoms with Gasteiger partial charge in [0.25, 0.3) is 5.69 Å². The Bertz CT molecular complexity index is 617. The summed E-state index contributed by atoms with van der Waals surface area (Å²) in [5.74, 6) is -0.309. The van der Waals surface area contributed by atoms with Crippen molar-refractivity contribution in [3.63, 3.8) is 0 Å². The lowest BCUT2D eigenvalue weighted by molar-refractivity contribution is -0.385. The van der Waals surface area contributed by atoms with Crippen molar-refractivity contribution in [2.45, 2.75) is 45.4 Å². The molecule has 1 aromatic rings. The minimum atomic E-state index is -1.03. The van der Waals surface area contributed by atoms with Gasteiger partial charge in [-0.15, -0.1) is 0 Å². The number of nitrogens with one attached hydrogen (secondary N) is 1. The Hall–Kier alpha value is -1.99. The smallest absolute Gasteiger partial charge is 0.274 e. The van der Waals surface area contributed by atoms with Crippen LogP contribution in [0, 0.1) is 15.5 Å². The third-order valence-electron chi connectivity index (χ3n) is 4.86. The van der Waals surface area contributed by atoms with Crippen molar-refractivity contribution in [1.82, 2.24) is 5.32 Å². The van der Waals surface area contributed by atoms with Crippen molar-refractivity contribution in [1.29, 1.82) is 0 Å². The fraction of sp³-hybridized carbons (Fsp3) is 0.562. The molecule has 7 heteroatoms. The van der Waals surface area contributed by atoms with Crippen LogP contribution >= 0.6 is 0 Å². The Labute approximate surface area is 135 Å². The maximum atomic E-state index is 12.5. The first-order valence-corrected chi connectivity index (χ1v) is 7.65. The van der Waals surface area contributed by atoms with Gasteiger partial charge in [0.2, 0.25) is 5.91 Å². The number of carbonyl (C=O) groups is 1. The number of nitro benzene ring substituents is 1. The molecule has 0 aromatic heterocycles. The van der Waals surface area contributed by atoms with Crippen molar-refractivity contribution in [3.8, 4) is 0 Å². The summed E-state index contributed by atoms with van der Waals surface area (Å²) in [6.07, 6.45) is 0.380. The zero-order valence-electron chi connectivity index (χ0n) is 13.7. The van der Waals surface area contributed by atoms with Crippen molar-refractivity contribution in [3.05, 3.63) is 39.9 Å². The van der Waals surface area contributed by atoms with Gasteiger partial charge in [0.05, 0.1) is 11.0 Å². The molecule has 2 rings (SSSR count). The number of amides is 1. The average molecular weight is 321 g/mol. The second-order valence-corrected chi connectivity index (χ2v) is 6.41. The molecular formula is C16H23N3O4. The molecule has 1 saturated carbocycles. The minimum absolute atomic E-state index is 0.0149. The van der Waals surface area contributed by atoms with E-state index in [2.05, 4.69) is 5.32 Å². The normalized spacial score (nSPS) is 25.5. The third kappa shape index (κ3) is 2.94. The fourth-order valence-electron chi connectivity index (χ4n) is 2.99. The lowest BCUT2D eigenvalue weighted by Crippen LogP contribution is -2.75. The summed E-state index contributed by atoms with van der Waals surface area (Å²) in [7, 11) is 0. The molecule has 2 unspecified atom stereocenters. The Balaban J connectivity index is 2.05. The molecule has 0 saturated heterocycles. The van der Waals surface area contributed by atoms with Crippen LogP contribution in [0.15, 0.2) is 24.3 Å². The van der Waals surface area contributed by atoms with Gasteiger partial charge in [0.1, 0.15) is 5.54 Å². The topological polar surface area (TPSA) is 107 Å². The molecule has 0 heterocycles. The van der Waals surface area contributed by atoms with E-state index in [4.69, 9.17) is 10.5 Å². The average Bonchev–Trinajstić information content (AvgIpc) is 2.52. The van der Waals surface area contributed by atoms with E-state index in [9.17, 15) is 14.9 Å². The Morgan fingerprint density at radius 1 is 1.48 bits per heavy atom. The number of nitro groups is 1. The van der Waals surface area contributed by atoms with E-state index >= 15 is 0 Å². The summed E-state index contributed by atoms with van der Waals surface area (Å²) in [4.78, 5) is 23.0. The number of hydrogen-bond acceptors (Lipinski definition) is 5. The van der Waals surface area contributed by atoms with Gasteiger partial charge < -0.3 is 15.8 Å². The van der Waals surface area contributed by atoms with Crippen LogP contribution in [0.3, 0.4) is 0 Å². The molecular weight excluding hydrogens is 298 g/mol. The molecule has 1 amide bonds. The van der Waals surface area contributed by atoms with Gasteiger partial charge in [-0.05, 0) is 6.92 Å². The molecule has 2 atom stereocenters. The molecule has 0 radical (unpaired) electrons. The second-order valence-electron chi connectivity index (χ2n) is 6.41. The predicted octanol–water partition coefficient (Wildman–Crippen LogP) is 1.74. The molecule has 7 nitrogen and oxygen atoms in total. The molecule has 0 bridgehead atoms. The van der Waals surface area contributed by atoms with E-state index in [1.807, 2.05) is 20.8 Å². The lowest BCUT2D eigenvalue weighted by Gasteiger charge is -2.57. The monoisotopic (exact) mass is 321 g/mol. The van der Waals surface area contributed by atoms with Gasteiger partial charge in [-0.1, -0.05) is 32.0 Å². The van der Waals surface area contributed by atoms with Gasteiger partial charge in [0, 0.05) is 36.6 Å². The van der Waals surface area contributed by atoms with Crippen molar-refractivity contribution < 1.29 is 14.5 Å². The fourth-order valence-corrected chi connectivity index (χ4v) is 2.99. The Morgan fingerprint density at radius 2 is 2.13 bits per heavy atom. The largest absolute Gasteiger partial charge is 0.378 e. The maximum absolute atomic E-state index is 12.5. The molecule has 126 valence electrons. The van der Waals surface area contributed by atoms with E-state index in [-0.39, 0.29) is 24.2 Å². The van der Waals surface area contributed by atoms with Crippen LogP contribution in [0.25, 0.3) is 0 Å². The highest BCUT2D eigenvalue weighted by atomic mass is 16.6. The summed E-state index contributed by atoms with van der Waals surface area (Å²) in [6, 6.07) is 6.33. The number of carbonyl (C=O) groups excluding carboxylic acids is 1. The van der Waals surface area contributed by atoms with Crippen LogP contribution in [-0.4, -0.2) is 29.1 Å². The summed E-state index contributed by atoms with van der Waals surface area (Å²) in [6.45, 7) is 6.36. The van der Waals surface area contributed by atoms with E-state index in [1.165, 1.54) is 6.07 Å². The standard InChI is InChI=1S/C16H23N3O4/c1-4-23-13-9-16(17,15(13,2)3)14(20)18-10-11-7-5-6-8-12(11)19(21)22/h5-8,13H,4,9-10,17H2,1-3H3,(H,18,20). The quantitative estimate of drug-likeness (QED) is 0.613. The maximum Gasteiger partial charge on any atom is 0.274 e. The number of nitrogens with zero attached hydrogens (tertiary/aromatic N) is 1. The third-order valence-corrected chi connectivity index (χ3v) is 4.86. The van der Waals surface area contributed by atoms with E-state index < -0.39 is 15.9 Å². The van der Waals surface area contributed by atoms with Gasteiger partial charge >= 0.3 is 0 Å². The van der Waals surface area contributed by atoms with Gasteiger partial charge in [0.15, 0.2) is 0 Å². The van der Waals surface area contributed by atoms with Crippen LogP contribution in [0.2, 0.25) is 0 Å². The minimum Gasteiger partial charge on any atom is -0.378 e. The summed E-state index contributed by atoms with van der Waals surface area (Å²) in [5.41, 5.74) is 5.20. The van der Waals surface area contributed by atoms with Gasteiger partial charge in [-0.2, -0.15) is 0 Å². The van der Waals surface area contributed by atoms with Gasteiger partial charge in [-0.3, -0.25) is 14.9 Å². The van der Waals surface area contributed by atoms with Crippen LogP contribution in [0.5, 0.6) is 0 Å². The summed E-state index contributed by atoms with van der Waals surface area (Å²) in [5, 5.41) is 13.7. The molecule has 23 heavy (non-hydrogen) atoms. The van der Waals surface area contributed by atoms with Gasteiger partial charge in [-0.25, -0.2) is 0 Å². The molecule has 0 aliphatic heterocycles. The number of hydrogen-bond donors (Lipinski definition) is 2. The molecule has 0 spiro atoms. The number of para-hydroxylation sites is 1. The van der Waals surface area contributed by atoms with Crippen molar-refractivity contribution in [2.24, 2.45) is 11.1 Å². The predicted molar refractivity (Wildman–Crippen MR) is 85.7 cm³/mol. The number of nitrogens with two attached hydrogens (primary N) is 1. The SMILES string of the molecule is CCOC1CC(N)(C(=O)NCc2ccccc2[N+](=O)[O-])C1(C)C. The number of benzene rings is 1. The first-order valence-electron chi connectivity index (χ1n) is 7.65. The van der Waals surface area contributed by atoms with Crippen molar-refractivity contribution in [2.75, 3.05) is 6.61 Å². The first-order chi connectivity index (χ1) is 10.7. The summed E-state index contributed by atoms with van der Waals surface area (Å²) >= 11 is 0. The van der Waals surface area contributed by atoms with Crippen LogP contribution in [0.1, 0.15) is 32.8 Å². The van der Waals surface area contributed by atoms with Crippen LogP contribution in [0.4, 0.5) is 5.69 Å². The molecule has 1 aliphatic carbocycles. The first kappa shape index (κ1) is 17.4. The van der Waals surface area contributed by atoms with E-state index in [0.29, 0.717) is 18.6 Å². The molecule has 1 fully saturated rings. The zero-order valence-corrected chi connectivity index (χ0v) is 13.7. The Morgan fingerprint density at radius 3 is 2.70 bits per heavy atom. The Kier molecular flexibility index (Phi) is 4.72. The molecule has 3 N–H and O–H groups in total. The zero-order chi connectivity index (χ0) is 17.3. The van der Waals surface area contributed by atoms with Crippen molar-refractivity contribution >= 4 is 11.6 Å². The number of ether oxygens (including phenoxy) is 1. The van der Waals surface area contributed by atoms with Crippen LogP contribution in [-0.2, 0) is 16.1 Å². The molecule has 1 aliphatic rings. The molecule has 1 aromatic carbocycles. The highest BCUT2D eigenvalue weighted by molar-refractivity contribution is 5.88.